The normalized spacial score (nSPS) is 47.0. The number of hydrogen-bond acceptors (Lipinski definition) is 11. The molecule has 6 rings (SSSR count). The second-order valence-corrected chi connectivity index (χ2v) is 9.76. The summed E-state index contributed by atoms with van der Waals surface area (Å²) in [5.74, 6) is -2.00. The van der Waals surface area contributed by atoms with Gasteiger partial charge in [-0.25, -0.2) is 4.79 Å². The van der Waals surface area contributed by atoms with Gasteiger partial charge in [-0.3, -0.25) is 4.79 Å². The highest BCUT2D eigenvalue weighted by Gasteiger charge is 2.88. The van der Waals surface area contributed by atoms with Crippen molar-refractivity contribution in [1.82, 2.24) is 0 Å². The third-order valence-electron chi connectivity index (χ3n) is 8.07. The molecule has 3 aliphatic carbocycles. The van der Waals surface area contributed by atoms with Crippen LogP contribution in [0.15, 0.2) is 30.3 Å². The minimum atomic E-state index is -1.69. The van der Waals surface area contributed by atoms with Gasteiger partial charge in [0.15, 0.2) is 6.29 Å². The zero-order chi connectivity index (χ0) is 24.5. The largest absolute Gasteiger partial charge is 0.461 e. The number of aliphatic hydroxyl groups excluding tert-OH is 5. The summed E-state index contributed by atoms with van der Waals surface area (Å²) >= 11 is 0. The Morgan fingerprint density at radius 2 is 1.79 bits per heavy atom. The second-order valence-electron chi connectivity index (χ2n) is 9.76. The predicted octanol–water partition coefficient (Wildman–Crippen LogP) is -1.51. The van der Waals surface area contributed by atoms with E-state index in [4.69, 9.17) is 18.9 Å². The van der Waals surface area contributed by atoms with E-state index in [1.165, 1.54) is 0 Å². The summed E-state index contributed by atoms with van der Waals surface area (Å²) < 4.78 is 22.9. The quantitative estimate of drug-likeness (QED) is 0.300. The Bertz CT molecular complexity index is 969. The number of hydrogen-bond donors (Lipinski definition) is 5. The molecule has 0 spiro atoms. The Morgan fingerprint density at radius 3 is 2.47 bits per heavy atom. The summed E-state index contributed by atoms with van der Waals surface area (Å²) in [6.45, 7) is 0.508. The molecule has 0 amide bonds. The molecule has 34 heavy (non-hydrogen) atoms. The third kappa shape index (κ3) is 2.95. The maximum Gasteiger partial charge on any atom is 0.338 e. The van der Waals surface area contributed by atoms with Crippen LogP contribution in [-0.2, 0) is 23.7 Å². The van der Waals surface area contributed by atoms with Crippen LogP contribution < -0.4 is 0 Å². The highest BCUT2D eigenvalue weighted by Crippen LogP contribution is 2.73. The number of esters is 2. The van der Waals surface area contributed by atoms with E-state index < -0.39 is 84.5 Å². The van der Waals surface area contributed by atoms with Gasteiger partial charge >= 0.3 is 11.9 Å². The highest BCUT2D eigenvalue weighted by atomic mass is 16.7. The van der Waals surface area contributed by atoms with E-state index in [9.17, 15) is 35.1 Å². The van der Waals surface area contributed by atoms with Crippen LogP contribution in [0.3, 0.4) is 0 Å². The van der Waals surface area contributed by atoms with Gasteiger partial charge in [0.2, 0.25) is 0 Å². The Morgan fingerprint density at radius 1 is 1.09 bits per heavy atom. The van der Waals surface area contributed by atoms with Gasteiger partial charge in [-0.05, 0) is 25.5 Å². The minimum absolute atomic E-state index is 0.0508. The summed E-state index contributed by atoms with van der Waals surface area (Å²) in [7, 11) is 0. The molecule has 1 aromatic rings. The van der Waals surface area contributed by atoms with Crippen molar-refractivity contribution in [3.63, 3.8) is 0 Å². The lowest BCUT2D eigenvalue weighted by atomic mass is 9.40. The standard InChI is InChI=1S/C23H28O11/c1-21-8-13(25)12-7-23(21,33-19-17(28)16(27)15(26)14(9-24)32-19)22(12,20(30)34-21)10-31-18(29)11-5-3-2-4-6-11/h2-6,12-17,19,24-28H,7-10H2,1H3/t12-,13-,14-,15-,16+,17-,19+,21-,22-,23-/m1/s1. The van der Waals surface area contributed by atoms with Crippen molar-refractivity contribution in [2.45, 2.75) is 67.8 Å². The zero-order valence-electron chi connectivity index (χ0n) is 18.4. The van der Waals surface area contributed by atoms with Crippen molar-refractivity contribution in [1.29, 1.82) is 0 Å². The van der Waals surface area contributed by atoms with Gasteiger partial charge in [0.1, 0.15) is 47.6 Å². The van der Waals surface area contributed by atoms with Crippen molar-refractivity contribution in [2.75, 3.05) is 13.2 Å². The average molecular weight is 480 g/mol. The van der Waals surface area contributed by atoms with Crippen LogP contribution in [0.2, 0.25) is 0 Å². The summed E-state index contributed by atoms with van der Waals surface area (Å²) in [6.07, 6.45) is -8.41. The van der Waals surface area contributed by atoms with Crippen LogP contribution in [0.1, 0.15) is 30.1 Å². The molecule has 1 aromatic carbocycles. The first-order chi connectivity index (χ1) is 16.1. The Kier molecular flexibility index (Phi) is 5.52. The van der Waals surface area contributed by atoms with Crippen LogP contribution >= 0.6 is 0 Å². The molecule has 11 nitrogen and oxygen atoms in total. The number of fused-ring (bicyclic) bond motifs is 1. The molecular weight excluding hydrogens is 452 g/mol. The fourth-order valence-corrected chi connectivity index (χ4v) is 6.19. The number of aliphatic hydroxyl groups is 5. The molecule has 0 unspecified atom stereocenters. The lowest BCUT2D eigenvalue weighted by Crippen LogP contribution is -2.80. The molecule has 3 saturated carbocycles. The first-order valence-corrected chi connectivity index (χ1v) is 11.2. The number of benzene rings is 1. The molecule has 2 saturated heterocycles. The molecule has 4 bridgehead atoms. The monoisotopic (exact) mass is 480 g/mol. The van der Waals surface area contributed by atoms with Crippen LogP contribution in [-0.4, -0.2) is 98.7 Å². The summed E-state index contributed by atoms with van der Waals surface area (Å²) in [6, 6.07) is 8.20. The number of carbonyl (C=O) groups is 2. The minimum Gasteiger partial charge on any atom is -0.461 e. The van der Waals surface area contributed by atoms with Gasteiger partial charge in [-0.1, -0.05) is 18.2 Å². The van der Waals surface area contributed by atoms with E-state index >= 15 is 0 Å². The zero-order valence-corrected chi connectivity index (χ0v) is 18.4. The fourth-order valence-electron chi connectivity index (χ4n) is 6.19. The van der Waals surface area contributed by atoms with Crippen LogP contribution in [0, 0.1) is 11.3 Å². The first-order valence-electron chi connectivity index (χ1n) is 11.2. The summed E-state index contributed by atoms with van der Waals surface area (Å²) in [4.78, 5) is 25.9. The lowest BCUT2D eigenvalue weighted by molar-refractivity contribution is -0.394. The lowest BCUT2D eigenvalue weighted by Gasteiger charge is -2.66. The van der Waals surface area contributed by atoms with Gasteiger partial charge in [-0.15, -0.1) is 0 Å². The molecular formula is C23H28O11. The average Bonchev–Trinajstić information content (AvgIpc) is 2.88. The number of ether oxygens (including phenoxy) is 4. The Balaban J connectivity index is 1.46. The first kappa shape index (κ1) is 23.6. The predicted molar refractivity (Wildman–Crippen MR) is 110 cm³/mol. The summed E-state index contributed by atoms with van der Waals surface area (Å²) in [5.41, 5.74) is -4.08. The van der Waals surface area contributed by atoms with Gasteiger partial charge in [0.05, 0.1) is 18.3 Å². The number of rotatable bonds is 6. The SMILES string of the molecule is C[C@@]12C[C@@H](O)[C@H]3C[C@]1(O[C@@H]1O[C@H](CO)[C@@H](O)[C@H](O)[C@H]1O)[C@@]3(COC(=O)c1ccccc1)C(=O)O2. The van der Waals surface area contributed by atoms with Gasteiger partial charge in [-0.2, -0.15) is 0 Å². The smallest absolute Gasteiger partial charge is 0.338 e. The molecule has 2 aliphatic heterocycles. The third-order valence-corrected chi connectivity index (χ3v) is 8.07. The summed E-state index contributed by atoms with van der Waals surface area (Å²) in [5, 5.41) is 51.0. The molecule has 10 atom stereocenters. The van der Waals surface area contributed by atoms with Crippen LogP contribution in [0.4, 0.5) is 0 Å². The molecule has 5 fully saturated rings. The van der Waals surface area contributed by atoms with Crippen LogP contribution in [0.5, 0.6) is 0 Å². The maximum absolute atomic E-state index is 13.2. The molecule has 0 radical (unpaired) electrons. The molecule has 186 valence electrons. The highest BCUT2D eigenvalue weighted by molar-refractivity contribution is 5.90. The van der Waals surface area contributed by atoms with E-state index in [-0.39, 0.29) is 18.4 Å². The van der Waals surface area contributed by atoms with E-state index in [1.807, 2.05) is 0 Å². The van der Waals surface area contributed by atoms with Crippen molar-refractivity contribution in [2.24, 2.45) is 11.3 Å². The van der Waals surface area contributed by atoms with Crippen molar-refractivity contribution in [3.05, 3.63) is 35.9 Å². The van der Waals surface area contributed by atoms with E-state index in [0.29, 0.717) is 0 Å². The fraction of sp³-hybridized carbons (Fsp3) is 0.652. The maximum atomic E-state index is 13.2. The van der Waals surface area contributed by atoms with Crippen molar-refractivity contribution >= 4 is 11.9 Å². The van der Waals surface area contributed by atoms with E-state index in [2.05, 4.69) is 0 Å². The van der Waals surface area contributed by atoms with Gasteiger partial charge < -0.3 is 44.5 Å². The topological polar surface area (TPSA) is 172 Å². The van der Waals surface area contributed by atoms with E-state index in [0.717, 1.165) is 0 Å². The van der Waals surface area contributed by atoms with Crippen LogP contribution in [0.25, 0.3) is 0 Å². The van der Waals surface area contributed by atoms with Crippen molar-refractivity contribution < 1.29 is 54.1 Å². The molecule has 11 heteroatoms. The molecule has 0 aromatic heterocycles. The van der Waals surface area contributed by atoms with Crippen molar-refractivity contribution in [3.8, 4) is 0 Å². The number of carbonyl (C=O) groups excluding carboxylic acids is 2. The Hall–Kier alpha value is -2.12. The molecule has 5 N–H and O–H groups in total. The molecule has 5 aliphatic rings. The van der Waals surface area contributed by atoms with Gasteiger partial charge in [0.25, 0.3) is 0 Å². The Labute approximate surface area is 194 Å². The molecule has 2 heterocycles. The van der Waals surface area contributed by atoms with Gasteiger partial charge in [0, 0.05) is 12.3 Å². The van der Waals surface area contributed by atoms with E-state index in [1.54, 1.807) is 37.3 Å². The second kappa shape index (κ2) is 7.95.